The number of nitrogens with zero attached hydrogens (tertiary/aromatic N) is 2. The number of fused-ring (bicyclic) bond motifs is 1. The van der Waals surface area contributed by atoms with E-state index in [1.807, 2.05) is 0 Å². The van der Waals surface area contributed by atoms with Gasteiger partial charge in [-0.05, 0) is 48.9 Å². The van der Waals surface area contributed by atoms with Crippen molar-refractivity contribution in [2.24, 2.45) is 0 Å². The lowest BCUT2D eigenvalue weighted by atomic mass is 10.1. The normalized spacial score (nSPS) is 11.0. The molecule has 5 heteroatoms. The highest BCUT2D eigenvalue weighted by molar-refractivity contribution is 6.35. The molecule has 0 fully saturated rings. The molecule has 1 heterocycles. The van der Waals surface area contributed by atoms with E-state index in [0.717, 1.165) is 5.56 Å². The van der Waals surface area contributed by atoms with Crippen LogP contribution in [0.4, 0.5) is 4.39 Å². The summed E-state index contributed by atoms with van der Waals surface area (Å²) in [5.74, 6) is 0.209. The molecule has 0 aliphatic heterocycles. The van der Waals surface area contributed by atoms with Crippen LogP contribution in [-0.2, 0) is 0 Å². The summed E-state index contributed by atoms with van der Waals surface area (Å²) in [7, 11) is 0. The van der Waals surface area contributed by atoms with Gasteiger partial charge in [0.15, 0.2) is 5.82 Å². The van der Waals surface area contributed by atoms with Gasteiger partial charge in [-0.15, -0.1) is 0 Å². The van der Waals surface area contributed by atoms with Crippen LogP contribution in [-0.4, -0.2) is 9.97 Å². The number of benzene rings is 2. The average molecular weight is 307 g/mol. The SMILES string of the molecule is Cc1cc(-c2nc(Cl)c3cc(Cl)ccc3n2)ccc1F. The van der Waals surface area contributed by atoms with Crippen molar-refractivity contribution in [3.8, 4) is 11.4 Å². The first kappa shape index (κ1) is 13.3. The highest BCUT2D eigenvalue weighted by atomic mass is 35.5. The fourth-order valence-electron chi connectivity index (χ4n) is 1.98. The maximum atomic E-state index is 13.3. The van der Waals surface area contributed by atoms with Gasteiger partial charge in [-0.2, -0.15) is 0 Å². The molecule has 0 aliphatic carbocycles. The molecule has 0 bridgehead atoms. The molecular formula is C15H9Cl2FN2. The molecule has 100 valence electrons. The number of aryl methyl sites for hydroxylation is 1. The summed E-state index contributed by atoms with van der Waals surface area (Å²) in [6.45, 7) is 1.70. The van der Waals surface area contributed by atoms with Crippen molar-refractivity contribution in [1.29, 1.82) is 0 Å². The van der Waals surface area contributed by atoms with Gasteiger partial charge >= 0.3 is 0 Å². The van der Waals surface area contributed by atoms with Crippen LogP contribution in [0.1, 0.15) is 5.56 Å². The van der Waals surface area contributed by atoms with Gasteiger partial charge in [-0.25, -0.2) is 14.4 Å². The van der Waals surface area contributed by atoms with Crippen LogP contribution in [0.3, 0.4) is 0 Å². The van der Waals surface area contributed by atoms with Gasteiger partial charge in [0.05, 0.1) is 5.52 Å². The number of hydrogen-bond acceptors (Lipinski definition) is 2. The van der Waals surface area contributed by atoms with E-state index in [9.17, 15) is 4.39 Å². The summed E-state index contributed by atoms with van der Waals surface area (Å²) in [5.41, 5.74) is 1.97. The standard InChI is InChI=1S/C15H9Cl2FN2/c1-8-6-9(2-4-12(8)18)15-19-13-5-3-10(16)7-11(13)14(17)20-15/h2-7H,1H3. The molecule has 20 heavy (non-hydrogen) atoms. The Kier molecular flexibility index (Phi) is 3.32. The zero-order chi connectivity index (χ0) is 14.3. The number of halogens is 3. The Balaban J connectivity index is 2.21. The van der Waals surface area contributed by atoms with Crippen LogP contribution < -0.4 is 0 Å². The van der Waals surface area contributed by atoms with Crippen molar-refractivity contribution >= 4 is 34.1 Å². The molecule has 0 saturated carbocycles. The summed E-state index contributed by atoms with van der Waals surface area (Å²) < 4.78 is 13.3. The summed E-state index contributed by atoms with van der Waals surface area (Å²) in [4.78, 5) is 8.70. The first-order valence-electron chi connectivity index (χ1n) is 5.94. The first-order valence-corrected chi connectivity index (χ1v) is 6.69. The second kappa shape index (κ2) is 5.00. The van der Waals surface area contributed by atoms with Crippen LogP contribution in [0.2, 0.25) is 10.2 Å². The van der Waals surface area contributed by atoms with Gasteiger partial charge in [0.1, 0.15) is 11.0 Å². The van der Waals surface area contributed by atoms with Crippen LogP contribution in [0.15, 0.2) is 36.4 Å². The second-order valence-corrected chi connectivity index (χ2v) is 5.26. The third kappa shape index (κ3) is 2.35. The Morgan fingerprint density at radius 1 is 1.00 bits per heavy atom. The van der Waals surface area contributed by atoms with E-state index in [0.29, 0.717) is 32.5 Å². The highest BCUT2D eigenvalue weighted by Crippen LogP contribution is 2.27. The molecule has 0 atom stereocenters. The summed E-state index contributed by atoms with van der Waals surface area (Å²) in [6.07, 6.45) is 0. The van der Waals surface area contributed by atoms with E-state index in [1.54, 1.807) is 37.3 Å². The smallest absolute Gasteiger partial charge is 0.161 e. The maximum absolute atomic E-state index is 13.3. The van der Waals surface area contributed by atoms with E-state index < -0.39 is 0 Å². The molecule has 0 unspecified atom stereocenters. The Labute approximate surface area is 125 Å². The van der Waals surface area contributed by atoms with Gasteiger partial charge in [0.25, 0.3) is 0 Å². The molecule has 0 N–H and O–H groups in total. The zero-order valence-corrected chi connectivity index (χ0v) is 12.0. The zero-order valence-electron chi connectivity index (χ0n) is 10.5. The van der Waals surface area contributed by atoms with Gasteiger partial charge in [0, 0.05) is 16.0 Å². The largest absolute Gasteiger partial charge is 0.228 e. The van der Waals surface area contributed by atoms with Gasteiger partial charge < -0.3 is 0 Å². The van der Waals surface area contributed by atoms with Crippen molar-refractivity contribution < 1.29 is 4.39 Å². The lowest BCUT2D eigenvalue weighted by Gasteiger charge is -2.06. The second-order valence-electron chi connectivity index (χ2n) is 4.46. The Morgan fingerprint density at radius 2 is 1.80 bits per heavy atom. The Bertz CT molecular complexity index is 818. The van der Waals surface area contributed by atoms with Crippen molar-refractivity contribution in [1.82, 2.24) is 9.97 Å². The molecule has 1 aromatic heterocycles. The summed E-state index contributed by atoms with van der Waals surface area (Å²) >= 11 is 12.1. The average Bonchev–Trinajstić information content (AvgIpc) is 2.42. The quantitative estimate of drug-likeness (QED) is 0.588. The topological polar surface area (TPSA) is 25.8 Å². The van der Waals surface area contributed by atoms with Crippen LogP contribution in [0.25, 0.3) is 22.3 Å². The summed E-state index contributed by atoms with van der Waals surface area (Å²) in [5, 5.41) is 1.60. The first-order chi connectivity index (χ1) is 9.54. The van der Waals surface area contributed by atoms with E-state index >= 15 is 0 Å². The summed E-state index contributed by atoms with van der Waals surface area (Å²) in [6, 6.07) is 9.98. The minimum Gasteiger partial charge on any atom is -0.228 e. The number of rotatable bonds is 1. The third-order valence-corrected chi connectivity index (χ3v) is 3.55. The lowest BCUT2D eigenvalue weighted by molar-refractivity contribution is 0.618. The predicted molar refractivity (Wildman–Crippen MR) is 79.7 cm³/mol. The van der Waals surface area contributed by atoms with E-state index in [2.05, 4.69) is 9.97 Å². The molecule has 0 radical (unpaired) electrons. The molecule has 0 aliphatic rings. The minimum atomic E-state index is -0.257. The molecule has 2 nitrogen and oxygen atoms in total. The van der Waals surface area contributed by atoms with Crippen LogP contribution >= 0.6 is 23.2 Å². The molecule has 3 rings (SSSR count). The monoisotopic (exact) mass is 306 g/mol. The molecule has 0 spiro atoms. The number of aromatic nitrogens is 2. The molecule has 0 saturated heterocycles. The van der Waals surface area contributed by atoms with Crippen molar-refractivity contribution in [3.05, 3.63) is 58.0 Å². The molecule has 0 amide bonds. The van der Waals surface area contributed by atoms with Crippen LogP contribution in [0, 0.1) is 12.7 Å². The maximum Gasteiger partial charge on any atom is 0.161 e. The fourth-order valence-corrected chi connectivity index (χ4v) is 2.38. The van der Waals surface area contributed by atoms with E-state index in [4.69, 9.17) is 23.2 Å². The Hall–Kier alpha value is -1.71. The van der Waals surface area contributed by atoms with Gasteiger partial charge in [-0.1, -0.05) is 23.2 Å². The van der Waals surface area contributed by atoms with E-state index in [-0.39, 0.29) is 5.82 Å². The van der Waals surface area contributed by atoms with Gasteiger partial charge in [0.2, 0.25) is 0 Å². The van der Waals surface area contributed by atoms with Crippen LogP contribution in [0.5, 0.6) is 0 Å². The van der Waals surface area contributed by atoms with E-state index in [1.165, 1.54) is 6.07 Å². The lowest BCUT2D eigenvalue weighted by Crippen LogP contribution is -1.93. The third-order valence-electron chi connectivity index (χ3n) is 3.03. The predicted octanol–water partition coefficient (Wildman–Crippen LogP) is 5.05. The molecular weight excluding hydrogens is 298 g/mol. The highest BCUT2D eigenvalue weighted by Gasteiger charge is 2.09. The van der Waals surface area contributed by atoms with Crippen molar-refractivity contribution in [2.45, 2.75) is 6.92 Å². The molecule has 3 aromatic rings. The minimum absolute atomic E-state index is 0.257. The fraction of sp³-hybridized carbons (Fsp3) is 0.0667. The number of hydrogen-bond donors (Lipinski definition) is 0. The van der Waals surface area contributed by atoms with Gasteiger partial charge in [-0.3, -0.25) is 0 Å². The van der Waals surface area contributed by atoms with Crippen molar-refractivity contribution in [3.63, 3.8) is 0 Å². The Morgan fingerprint density at radius 3 is 2.55 bits per heavy atom. The molecule has 2 aromatic carbocycles. The van der Waals surface area contributed by atoms with Crippen molar-refractivity contribution in [2.75, 3.05) is 0 Å².